The number of aromatic nitrogens is 2. The van der Waals surface area contributed by atoms with Gasteiger partial charge in [0.1, 0.15) is 5.82 Å². The summed E-state index contributed by atoms with van der Waals surface area (Å²) in [4.78, 5) is 11.3. The van der Waals surface area contributed by atoms with E-state index in [0.717, 1.165) is 68.0 Å². The molecule has 1 fully saturated rings. The van der Waals surface area contributed by atoms with Crippen molar-refractivity contribution < 1.29 is 13.2 Å². The lowest BCUT2D eigenvalue weighted by molar-refractivity contribution is -0.137. The first kappa shape index (κ1) is 23.3. The Kier molecular flexibility index (Phi) is 7.08. The third kappa shape index (κ3) is 4.96. The number of aryl methyl sites for hydroxylation is 1. The fourth-order valence-electron chi connectivity index (χ4n) is 3.73. The highest BCUT2D eigenvalue weighted by molar-refractivity contribution is 5.85. The minimum absolute atomic E-state index is 0. The lowest BCUT2D eigenvalue weighted by atomic mass is 10.1. The Balaban J connectivity index is 0.00000150. The Labute approximate surface area is 179 Å². The van der Waals surface area contributed by atoms with E-state index in [1.165, 1.54) is 6.07 Å². The molecule has 11 heteroatoms. The van der Waals surface area contributed by atoms with Gasteiger partial charge in [0.15, 0.2) is 0 Å². The Hall–Kier alpha value is -1.97. The van der Waals surface area contributed by atoms with E-state index in [1.54, 1.807) is 0 Å². The van der Waals surface area contributed by atoms with Crippen molar-refractivity contribution >= 4 is 48.0 Å². The minimum atomic E-state index is -4.47. The van der Waals surface area contributed by atoms with Gasteiger partial charge in [-0.1, -0.05) is 0 Å². The van der Waals surface area contributed by atoms with Crippen molar-refractivity contribution in [2.75, 3.05) is 29.0 Å². The van der Waals surface area contributed by atoms with Gasteiger partial charge in [-0.25, -0.2) is 4.98 Å². The van der Waals surface area contributed by atoms with E-state index in [4.69, 9.17) is 11.5 Å². The van der Waals surface area contributed by atoms with Gasteiger partial charge in [0.05, 0.1) is 11.3 Å². The molecule has 2 aromatic rings. The van der Waals surface area contributed by atoms with E-state index in [9.17, 15) is 13.2 Å². The molecule has 29 heavy (non-hydrogen) atoms. The van der Waals surface area contributed by atoms with Crippen molar-refractivity contribution in [3.63, 3.8) is 0 Å². The Morgan fingerprint density at radius 2 is 1.86 bits per heavy atom. The molecule has 2 aliphatic rings. The predicted octanol–water partition coefficient (Wildman–Crippen LogP) is 3.69. The smallest absolute Gasteiger partial charge is 0.399 e. The van der Waals surface area contributed by atoms with Crippen LogP contribution in [0.15, 0.2) is 18.2 Å². The van der Waals surface area contributed by atoms with Crippen molar-refractivity contribution in [3.05, 3.63) is 35.0 Å². The zero-order valence-electron chi connectivity index (χ0n) is 15.5. The third-order valence-corrected chi connectivity index (χ3v) is 4.97. The van der Waals surface area contributed by atoms with Crippen molar-refractivity contribution in [3.8, 4) is 0 Å². The van der Waals surface area contributed by atoms with Gasteiger partial charge in [-0.2, -0.15) is 18.2 Å². The Morgan fingerprint density at radius 3 is 2.52 bits per heavy atom. The second-order valence-electron chi connectivity index (χ2n) is 7.11. The molecule has 6 nitrogen and oxygen atoms in total. The molecule has 0 radical (unpaired) electrons. The highest BCUT2D eigenvalue weighted by Crippen LogP contribution is 2.35. The van der Waals surface area contributed by atoms with E-state index in [0.29, 0.717) is 0 Å². The topological polar surface area (TPSA) is 93.1 Å². The number of nitrogens with one attached hydrogen (secondary N) is 1. The number of alkyl halides is 3. The van der Waals surface area contributed by atoms with Gasteiger partial charge in [-0.3, -0.25) is 0 Å². The maximum Gasteiger partial charge on any atom is 0.416 e. The number of anilines is 4. The second kappa shape index (κ2) is 8.81. The molecular formula is C18H23Cl2F3N6. The number of halogens is 5. The maximum absolute atomic E-state index is 13.0. The third-order valence-electron chi connectivity index (χ3n) is 4.97. The molecule has 1 saturated heterocycles. The molecule has 4 rings (SSSR count). The van der Waals surface area contributed by atoms with Crippen molar-refractivity contribution in [2.24, 2.45) is 5.73 Å². The predicted molar refractivity (Wildman–Crippen MR) is 112 cm³/mol. The number of hydrogen-bond acceptors (Lipinski definition) is 6. The quantitative estimate of drug-likeness (QED) is 0.617. The number of hydrogen-bond donors (Lipinski definition) is 3. The van der Waals surface area contributed by atoms with Gasteiger partial charge in [-0.05, 0) is 43.9 Å². The van der Waals surface area contributed by atoms with E-state index in [2.05, 4.69) is 20.2 Å². The zero-order chi connectivity index (χ0) is 19.2. The molecular weight excluding hydrogens is 428 g/mol. The van der Waals surface area contributed by atoms with Crippen LogP contribution in [0.5, 0.6) is 0 Å². The highest BCUT2D eigenvalue weighted by atomic mass is 35.5. The van der Waals surface area contributed by atoms with Crippen LogP contribution in [0.3, 0.4) is 0 Å². The lowest BCUT2D eigenvalue weighted by Crippen LogP contribution is -2.28. The number of nitrogens with zero attached hydrogens (tertiary/aromatic N) is 3. The fourth-order valence-corrected chi connectivity index (χ4v) is 3.73. The fraction of sp³-hybridized carbons (Fsp3) is 0.444. The molecule has 0 spiro atoms. The maximum atomic E-state index is 13.0. The van der Waals surface area contributed by atoms with Gasteiger partial charge < -0.3 is 21.7 Å². The number of rotatable bonds is 3. The summed E-state index contributed by atoms with van der Waals surface area (Å²) in [5.74, 6) is 1.12. The summed E-state index contributed by atoms with van der Waals surface area (Å²) >= 11 is 0. The summed E-state index contributed by atoms with van der Waals surface area (Å²) in [5.41, 5.74) is 13.2. The molecule has 0 bridgehead atoms. The summed E-state index contributed by atoms with van der Waals surface area (Å²) in [5, 5.41) is 2.90. The Morgan fingerprint density at radius 1 is 1.10 bits per heavy atom. The largest absolute Gasteiger partial charge is 0.416 e. The van der Waals surface area contributed by atoms with E-state index in [-0.39, 0.29) is 48.2 Å². The van der Waals surface area contributed by atoms with Crippen molar-refractivity contribution in [2.45, 2.75) is 37.9 Å². The van der Waals surface area contributed by atoms with Crippen molar-refractivity contribution in [1.29, 1.82) is 0 Å². The average molecular weight is 451 g/mol. The average Bonchev–Trinajstić information content (AvgIpc) is 3.21. The van der Waals surface area contributed by atoms with Crippen LogP contribution in [-0.4, -0.2) is 29.1 Å². The van der Waals surface area contributed by atoms with Crippen molar-refractivity contribution in [1.82, 2.24) is 9.97 Å². The molecule has 0 saturated carbocycles. The summed E-state index contributed by atoms with van der Waals surface area (Å²) < 4.78 is 39.1. The summed E-state index contributed by atoms with van der Waals surface area (Å²) in [6.45, 7) is 1.54. The number of benzene rings is 1. The molecule has 0 amide bonds. The van der Waals surface area contributed by atoms with Gasteiger partial charge in [-0.15, -0.1) is 24.8 Å². The van der Waals surface area contributed by atoms with Crippen LogP contribution in [0.1, 0.15) is 29.7 Å². The molecule has 1 aromatic carbocycles. The molecule has 1 aliphatic carbocycles. The van der Waals surface area contributed by atoms with Crippen LogP contribution in [0.2, 0.25) is 0 Å². The second-order valence-corrected chi connectivity index (χ2v) is 7.11. The summed E-state index contributed by atoms with van der Waals surface area (Å²) in [6, 6.07) is 3.47. The van der Waals surface area contributed by atoms with Crippen LogP contribution < -0.4 is 21.7 Å². The lowest BCUT2D eigenvalue weighted by Gasteiger charge is -2.21. The van der Waals surface area contributed by atoms with Crippen LogP contribution in [-0.2, 0) is 19.0 Å². The molecule has 1 aromatic heterocycles. The first-order chi connectivity index (χ1) is 12.8. The van der Waals surface area contributed by atoms with Crippen LogP contribution in [0.25, 0.3) is 0 Å². The minimum Gasteiger partial charge on any atom is -0.399 e. The normalized spacial score (nSPS) is 18.1. The van der Waals surface area contributed by atoms with Gasteiger partial charge in [0, 0.05) is 36.1 Å². The van der Waals surface area contributed by atoms with Gasteiger partial charge >= 0.3 is 6.18 Å². The summed E-state index contributed by atoms with van der Waals surface area (Å²) in [6.07, 6.45) is -0.832. The SMILES string of the molecule is Cl.Cl.Nc1cc(Nc2nc3c(c(N4CCC(N)C4)n2)CCC3)cc(C(F)(F)F)c1. The summed E-state index contributed by atoms with van der Waals surface area (Å²) in [7, 11) is 0. The van der Waals surface area contributed by atoms with E-state index in [1.807, 2.05) is 0 Å². The molecule has 1 unspecified atom stereocenters. The van der Waals surface area contributed by atoms with Crippen LogP contribution in [0, 0.1) is 0 Å². The highest BCUT2D eigenvalue weighted by Gasteiger charge is 2.31. The molecule has 2 heterocycles. The number of nitrogens with two attached hydrogens (primary N) is 2. The monoisotopic (exact) mass is 450 g/mol. The molecule has 5 N–H and O–H groups in total. The van der Waals surface area contributed by atoms with E-state index >= 15 is 0 Å². The first-order valence-corrected chi connectivity index (χ1v) is 8.95. The number of nitrogen functional groups attached to an aromatic ring is 1. The number of fused-ring (bicyclic) bond motifs is 1. The van der Waals surface area contributed by atoms with Crippen LogP contribution >= 0.6 is 24.8 Å². The molecule has 1 atom stereocenters. The molecule has 1 aliphatic heterocycles. The Bertz CT molecular complexity index is 877. The van der Waals surface area contributed by atoms with Gasteiger partial charge in [0.2, 0.25) is 5.95 Å². The zero-order valence-corrected chi connectivity index (χ0v) is 17.1. The van der Waals surface area contributed by atoms with Gasteiger partial charge in [0.25, 0.3) is 0 Å². The molecule has 160 valence electrons. The first-order valence-electron chi connectivity index (χ1n) is 8.95. The van der Waals surface area contributed by atoms with Crippen LogP contribution in [0.4, 0.5) is 36.3 Å². The van der Waals surface area contributed by atoms with E-state index < -0.39 is 11.7 Å². The standard InChI is InChI=1S/C18H21F3N6.2ClH/c19-18(20,21)10-6-12(23)8-13(7-10)24-17-25-15-3-1-2-14(15)16(26-17)27-5-4-11(22)9-27;;/h6-8,11H,1-5,9,22-23H2,(H,24,25,26);2*1H.